The van der Waals surface area contributed by atoms with E-state index in [9.17, 15) is 0 Å². The highest BCUT2D eigenvalue weighted by molar-refractivity contribution is 6.35. The monoisotopic (exact) mass is 297 g/mol. The molecule has 0 radical (unpaired) electrons. The van der Waals surface area contributed by atoms with E-state index in [-0.39, 0.29) is 5.96 Å². The van der Waals surface area contributed by atoms with Crippen LogP contribution < -0.4 is 16.6 Å². The second kappa shape index (κ2) is 5.77. The Balaban J connectivity index is 2.28. The molecule has 0 atom stereocenters. The molecule has 2 rings (SSSR count). The number of nitrogens with two attached hydrogens (primary N) is 2. The normalized spacial score (nSPS) is 10.8. The minimum absolute atomic E-state index is 0.0686. The van der Waals surface area contributed by atoms with Crippen LogP contribution in [-0.2, 0) is 0 Å². The number of furan rings is 1. The minimum atomic E-state index is -0.0686. The largest absolute Gasteiger partial charge is 0.450 e. The first kappa shape index (κ1) is 13.5. The second-order valence-corrected chi connectivity index (χ2v) is 4.48. The molecule has 7 heteroatoms. The van der Waals surface area contributed by atoms with Crippen LogP contribution in [-0.4, -0.2) is 12.2 Å². The minimum Gasteiger partial charge on any atom is -0.450 e. The van der Waals surface area contributed by atoms with Gasteiger partial charge in [0.05, 0.1) is 5.02 Å². The Morgan fingerprint density at radius 3 is 2.74 bits per heavy atom. The van der Waals surface area contributed by atoms with Crippen molar-refractivity contribution in [2.45, 2.75) is 0 Å². The summed E-state index contributed by atoms with van der Waals surface area (Å²) in [4.78, 5) is 0. The predicted octanol–water partition coefficient (Wildman–Crippen LogP) is 0.941. The van der Waals surface area contributed by atoms with Gasteiger partial charge in [0.15, 0.2) is 5.76 Å². The molecule has 0 saturated carbocycles. The quantitative estimate of drug-likeness (QED) is 0.447. The molecular weight excluding hydrogens is 287 g/mol. The lowest BCUT2D eigenvalue weighted by Crippen LogP contribution is -2.63. The number of hydrazone groups is 1. The second-order valence-electron chi connectivity index (χ2n) is 3.64. The van der Waals surface area contributed by atoms with E-state index in [0.717, 1.165) is 5.56 Å². The summed E-state index contributed by atoms with van der Waals surface area (Å²) in [6.07, 6.45) is 1.52. The van der Waals surface area contributed by atoms with Gasteiger partial charge in [-0.2, -0.15) is 0 Å². The van der Waals surface area contributed by atoms with Crippen molar-refractivity contribution in [2.75, 3.05) is 0 Å². The first-order valence-corrected chi connectivity index (χ1v) is 6.04. The zero-order valence-electron chi connectivity index (χ0n) is 9.73. The smallest absolute Gasteiger partial charge is 0.256 e. The van der Waals surface area contributed by atoms with Crippen LogP contribution in [0.3, 0.4) is 0 Å². The molecule has 5 nitrogen and oxygen atoms in total. The van der Waals surface area contributed by atoms with Crippen molar-refractivity contribution in [1.82, 2.24) is 0 Å². The molecule has 0 aliphatic rings. The standard InChI is InChI=1S/C12H10Cl2N4O/c13-7-1-3-10(14)9(5-7)11-4-2-8(19-11)6-17-18-12(15)16/h1-6H,(H4,15,16,18)/p+1/b17-6+. The van der Waals surface area contributed by atoms with Crippen molar-refractivity contribution in [2.24, 2.45) is 16.6 Å². The number of guanidine groups is 1. The summed E-state index contributed by atoms with van der Waals surface area (Å²) in [6.45, 7) is 0. The Morgan fingerprint density at radius 2 is 2.00 bits per heavy atom. The summed E-state index contributed by atoms with van der Waals surface area (Å²) in [7, 11) is 0. The molecule has 1 heterocycles. The van der Waals surface area contributed by atoms with Crippen LogP contribution in [0.15, 0.2) is 39.9 Å². The lowest BCUT2D eigenvalue weighted by atomic mass is 10.2. The number of hydrogen-bond donors (Lipinski definition) is 3. The summed E-state index contributed by atoms with van der Waals surface area (Å²) in [5.41, 5.74) is 11.1. The molecule has 0 spiro atoms. The van der Waals surface area contributed by atoms with Gasteiger partial charge >= 0.3 is 0 Å². The number of nitrogens with zero attached hydrogens (tertiary/aromatic N) is 1. The van der Waals surface area contributed by atoms with Crippen LogP contribution in [0.5, 0.6) is 0 Å². The summed E-state index contributed by atoms with van der Waals surface area (Å²) in [5.74, 6) is 1.09. The van der Waals surface area contributed by atoms with Crippen molar-refractivity contribution in [1.29, 1.82) is 0 Å². The lowest BCUT2D eigenvalue weighted by molar-refractivity contribution is -0.457. The van der Waals surface area contributed by atoms with E-state index in [2.05, 4.69) is 10.2 Å². The van der Waals surface area contributed by atoms with Gasteiger partial charge < -0.3 is 15.9 Å². The molecule has 0 unspecified atom stereocenters. The third-order valence-corrected chi connectivity index (χ3v) is 2.79. The van der Waals surface area contributed by atoms with Crippen LogP contribution in [0.25, 0.3) is 11.3 Å². The highest BCUT2D eigenvalue weighted by Crippen LogP contribution is 2.31. The molecule has 2 aromatic rings. The zero-order chi connectivity index (χ0) is 13.8. The summed E-state index contributed by atoms with van der Waals surface area (Å²) in [6, 6.07) is 8.69. The van der Waals surface area contributed by atoms with Crippen molar-refractivity contribution in [3.05, 3.63) is 46.1 Å². The van der Waals surface area contributed by atoms with Crippen molar-refractivity contribution in [3.63, 3.8) is 0 Å². The van der Waals surface area contributed by atoms with Crippen LogP contribution in [0.1, 0.15) is 5.76 Å². The highest BCUT2D eigenvalue weighted by atomic mass is 35.5. The van der Waals surface area contributed by atoms with Gasteiger partial charge in [-0.15, -0.1) is 0 Å². The molecule has 0 saturated heterocycles. The van der Waals surface area contributed by atoms with Crippen molar-refractivity contribution >= 4 is 35.4 Å². The van der Waals surface area contributed by atoms with Gasteiger partial charge in [0.2, 0.25) is 6.21 Å². The fraction of sp³-hybridized carbons (Fsp3) is 0. The van der Waals surface area contributed by atoms with Gasteiger partial charge in [-0.05, 0) is 30.3 Å². The van der Waals surface area contributed by atoms with E-state index in [1.165, 1.54) is 6.21 Å². The molecule has 0 bridgehead atoms. The van der Waals surface area contributed by atoms with E-state index in [4.69, 9.17) is 39.1 Å². The van der Waals surface area contributed by atoms with Gasteiger partial charge in [-0.3, -0.25) is 0 Å². The molecule has 19 heavy (non-hydrogen) atoms. The van der Waals surface area contributed by atoms with E-state index in [0.29, 0.717) is 21.6 Å². The molecule has 5 N–H and O–H groups in total. The SMILES string of the molecule is NC(N)=N/[NH+]=C/c1ccc(-c2cc(Cl)ccc2Cl)o1. The Bertz CT molecular complexity index is 645. The zero-order valence-corrected chi connectivity index (χ0v) is 11.2. The van der Waals surface area contributed by atoms with Gasteiger partial charge in [-0.25, -0.2) is 0 Å². The average molecular weight is 298 g/mol. The summed E-state index contributed by atoms with van der Waals surface area (Å²) in [5, 5.41) is 7.29. The molecule has 1 aromatic heterocycles. The fourth-order valence-corrected chi connectivity index (χ4v) is 1.81. The molecule has 0 amide bonds. The lowest BCUT2D eigenvalue weighted by Gasteiger charge is -2.00. The van der Waals surface area contributed by atoms with Crippen LogP contribution in [0, 0.1) is 0 Å². The average Bonchev–Trinajstić information content (AvgIpc) is 2.80. The van der Waals surface area contributed by atoms with Gasteiger partial charge in [0, 0.05) is 15.7 Å². The molecule has 0 aliphatic heterocycles. The maximum atomic E-state index is 6.09. The topological polar surface area (TPSA) is 91.5 Å². The third-order valence-electron chi connectivity index (χ3n) is 2.22. The van der Waals surface area contributed by atoms with E-state index >= 15 is 0 Å². The fourth-order valence-electron chi connectivity index (χ4n) is 1.43. The summed E-state index contributed by atoms with van der Waals surface area (Å²) < 4.78 is 5.58. The Hall–Kier alpha value is -1.98. The van der Waals surface area contributed by atoms with Gasteiger partial charge in [0.25, 0.3) is 5.96 Å². The van der Waals surface area contributed by atoms with Crippen molar-refractivity contribution in [3.8, 4) is 11.3 Å². The van der Waals surface area contributed by atoms with Crippen LogP contribution in [0.2, 0.25) is 10.0 Å². The highest BCUT2D eigenvalue weighted by Gasteiger charge is 2.09. The van der Waals surface area contributed by atoms with Gasteiger partial charge in [0.1, 0.15) is 5.76 Å². The number of hydrogen-bond acceptors (Lipinski definition) is 2. The first-order valence-electron chi connectivity index (χ1n) is 5.29. The maximum Gasteiger partial charge on any atom is 0.256 e. The molecule has 1 aromatic carbocycles. The van der Waals surface area contributed by atoms with E-state index < -0.39 is 0 Å². The number of benzene rings is 1. The molecule has 98 valence electrons. The Morgan fingerprint density at radius 1 is 1.21 bits per heavy atom. The maximum absolute atomic E-state index is 6.09. The molecule has 0 aliphatic carbocycles. The summed E-state index contributed by atoms with van der Waals surface area (Å²) >= 11 is 12.0. The number of halogens is 2. The molecule has 0 fully saturated rings. The van der Waals surface area contributed by atoms with E-state index in [1.54, 1.807) is 30.3 Å². The number of rotatable bonds is 3. The Labute approximate surface area is 119 Å². The Kier molecular flexibility index (Phi) is 4.09. The van der Waals surface area contributed by atoms with Gasteiger partial charge in [-0.1, -0.05) is 28.3 Å². The predicted molar refractivity (Wildman–Crippen MR) is 76.1 cm³/mol. The first-order chi connectivity index (χ1) is 9.06. The van der Waals surface area contributed by atoms with Crippen molar-refractivity contribution < 1.29 is 9.52 Å². The third kappa shape index (κ3) is 3.49. The number of nitrogens with one attached hydrogen (secondary N) is 1. The van der Waals surface area contributed by atoms with Crippen LogP contribution in [0.4, 0.5) is 0 Å². The van der Waals surface area contributed by atoms with Crippen LogP contribution >= 0.6 is 23.2 Å². The molecular formula is C12H11Cl2N4O+. The van der Waals surface area contributed by atoms with E-state index in [1.807, 2.05) is 0 Å².